The second kappa shape index (κ2) is 6.49. The van der Waals surface area contributed by atoms with Crippen LogP contribution in [0.25, 0.3) is 11.2 Å². The van der Waals surface area contributed by atoms with Crippen molar-refractivity contribution < 1.29 is 0 Å². The van der Waals surface area contributed by atoms with Gasteiger partial charge in [-0.3, -0.25) is 18.5 Å². The van der Waals surface area contributed by atoms with E-state index in [2.05, 4.69) is 10.1 Å². The van der Waals surface area contributed by atoms with Crippen molar-refractivity contribution in [1.82, 2.24) is 18.7 Å². The number of aryl methyl sites for hydroxylation is 1. The van der Waals surface area contributed by atoms with E-state index in [1.165, 1.54) is 11.6 Å². The van der Waals surface area contributed by atoms with Crippen molar-refractivity contribution in [3.8, 4) is 0 Å². The fourth-order valence-electron chi connectivity index (χ4n) is 3.37. The van der Waals surface area contributed by atoms with Crippen LogP contribution in [-0.4, -0.2) is 24.4 Å². The molecule has 1 unspecified atom stereocenters. The molecule has 1 atom stereocenters. The summed E-state index contributed by atoms with van der Waals surface area (Å²) in [7, 11) is 3.07. The summed E-state index contributed by atoms with van der Waals surface area (Å²) in [6.45, 7) is 4.23. The second-order valence-electron chi connectivity index (χ2n) is 6.88. The van der Waals surface area contributed by atoms with Gasteiger partial charge in [0.15, 0.2) is 11.2 Å². The number of hydrazone groups is 1. The topological polar surface area (TPSA) is 77.4 Å². The Kier molecular flexibility index (Phi) is 4.35. The molecule has 1 aromatic carbocycles. The van der Waals surface area contributed by atoms with Crippen LogP contribution in [0.1, 0.15) is 25.5 Å². The number of anilines is 1. The molecule has 0 fully saturated rings. The van der Waals surface area contributed by atoms with E-state index in [1.54, 1.807) is 24.2 Å². The fourth-order valence-corrected chi connectivity index (χ4v) is 3.70. The third-order valence-electron chi connectivity index (χ3n) is 5.09. The first kappa shape index (κ1) is 18.8. The Bertz CT molecular complexity index is 1270. The molecule has 3 aromatic rings. The average molecular weight is 421 g/mol. The van der Waals surface area contributed by atoms with E-state index in [1.807, 2.05) is 24.5 Å². The van der Waals surface area contributed by atoms with Gasteiger partial charge in [-0.15, -0.1) is 0 Å². The number of fused-ring (bicyclic) bond motifs is 3. The molecule has 1 aliphatic heterocycles. The number of rotatable bonds is 2. The van der Waals surface area contributed by atoms with Crippen LogP contribution in [-0.2, 0) is 20.6 Å². The van der Waals surface area contributed by atoms with Gasteiger partial charge in [-0.05, 0) is 31.5 Å². The Morgan fingerprint density at radius 1 is 1.11 bits per heavy atom. The van der Waals surface area contributed by atoms with Crippen LogP contribution in [0.2, 0.25) is 10.0 Å². The Morgan fingerprint density at radius 2 is 1.82 bits per heavy atom. The molecule has 0 bridgehead atoms. The lowest BCUT2D eigenvalue weighted by Gasteiger charge is -2.29. The van der Waals surface area contributed by atoms with Gasteiger partial charge >= 0.3 is 5.69 Å². The van der Waals surface area contributed by atoms with Crippen molar-refractivity contribution in [2.24, 2.45) is 19.2 Å². The van der Waals surface area contributed by atoms with E-state index in [9.17, 15) is 9.59 Å². The van der Waals surface area contributed by atoms with E-state index in [4.69, 9.17) is 23.2 Å². The first-order valence-corrected chi connectivity index (χ1v) is 9.40. The minimum atomic E-state index is -0.422. The quantitative estimate of drug-likeness (QED) is 0.638. The summed E-state index contributed by atoms with van der Waals surface area (Å²) >= 11 is 12.1. The van der Waals surface area contributed by atoms with E-state index >= 15 is 0 Å². The predicted molar refractivity (Wildman–Crippen MR) is 111 cm³/mol. The highest BCUT2D eigenvalue weighted by molar-refractivity contribution is 6.42. The highest BCUT2D eigenvalue weighted by Crippen LogP contribution is 2.31. The summed E-state index contributed by atoms with van der Waals surface area (Å²) in [6.07, 6.45) is 0. The smallest absolute Gasteiger partial charge is 0.294 e. The molecule has 28 heavy (non-hydrogen) atoms. The summed E-state index contributed by atoms with van der Waals surface area (Å²) in [5.74, 6) is 0.498. The number of hydrogen-bond donors (Lipinski definition) is 0. The SMILES string of the molecule is CC1=NN(Cc2ccc(Cl)c(Cl)c2)c2nc3c(c(=O)n(C)c(=O)n3C)n2C1C. The molecule has 2 aromatic heterocycles. The molecule has 8 nitrogen and oxygen atoms in total. The Morgan fingerprint density at radius 3 is 2.50 bits per heavy atom. The molecule has 3 heterocycles. The third-order valence-corrected chi connectivity index (χ3v) is 5.83. The van der Waals surface area contributed by atoms with Crippen LogP contribution in [0.5, 0.6) is 0 Å². The molecular weight excluding hydrogens is 403 g/mol. The monoisotopic (exact) mass is 420 g/mol. The minimum absolute atomic E-state index is 0.171. The van der Waals surface area contributed by atoms with Gasteiger partial charge in [-0.2, -0.15) is 10.1 Å². The Labute approximate surface area is 170 Å². The third kappa shape index (κ3) is 2.67. The molecule has 0 radical (unpaired) electrons. The van der Waals surface area contributed by atoms with Crippen LogP contribution in [0.3, 0.4) is 0 Å². The second-order valence-corrected chi connectivity index (χ2v) is 7.70. The standard InChI is InChI=1S/C18H18Cl2N6O2/c1-9-10(2)26-14-15(23(3)18(28)24(4)16(14)27)21-17(26)25(22-9)8-11-5-6-12(19)13(20)7-11/h5-7,10H,8H2,1-4H3. The number of hydrogen-bond acceptors (Lipinski definition) is 5. The first-order valence-electron chi connectivity index (χ1n) is 8.65. The van der Waals surface area contributed by atoms with Gasteiger partial charge in [0, 0.05) is 14.1 Å². The fraction of sp³-hybridized carbons (Fsp3) is 0.333. The maximum absolute atomic E-state index is 12.8. The van der Waals surface area contributed by atoms with Gasteiger partial charge in [0.25, 0.3) is 5.56 Å². The number of imidazole rings is 1. The van der Waals surface area contributed by atoms with Gasteiger partial charge in [-0.25, -0.2) is 9.80 Å². The summed E-state index contributed by atoms with van der Waals surface area (Å²) in [5, 5.41) is 7.28. The van der Waals surface area contributed by atoms with Gasteiger partial charge < -0.3 is 0 Å². The van der Waals surface area contributed by atoms with E-state index in [0.717, 1.165) is 15.8 Å². The molecule has 0 N–H and O–H groups in total. The summed E-state index contributed by atoms with van der Waals surface area (Å²) in [6, 6.07) is 5.19. The van der Waals surface area contributed by atoms with Crippen molar-refractivity contribution >= 4 is 46.0 Å². The van der Waals surface area contributed by atoms with E-state index < -0.39 is 5.69 Å². The van der Waals surface area contributed by atoms with Gasteiger partial charge in [0.05, 0.1) is 28.3 Å². The number of nitrogens with zero attached hydrogens (tertiary/aromatic N) is 6. The molecule has 0 saturated heterocycles. The number of halogens is 2. The zero-order chi connectivity index (χ0) is 20.3. The molecule has 146 valence electrons. The summed E-state index contributed by atoms with van der Waals surface area (Å²) < 4.78 is 4.30. The van der Waals surface area contributed by atoms with Crippen LogP contribution in [0.4, 0.5) is 5.95 Å². The number of benzene rings is 1. The summed E-state index contributed by atoms with van der Waals surface area (Å²) in [5.41, 5.74) is 1.62. The van der Waals surface area contributed by atoms with Gasteiger partial charge in [0.2, 0.25) is 5.95 Å². The largest absolute Gasteiger partial charge is 0.332 e. The van der Waals surface area contributed by atoms with Crippen molar-refractivity contribution in [2.45, 2.75) is 26.4 Å². The zero-order valence-corrected chi connectivity index (χ0v) is 17.3. The molecule has 10 heteroatoms. The maximum Gasteiger partial charge on any atom is 0.332 e. The molecule has 1 aliphatic rings. The zero-order valence-electron chi connectivity index (χ0n) is 15.8. The lowest BCUT2D eigenvalue weighted by molar-refractivity contribution is 0.634. The average Bonchev–Trinajstić information content (AvgIpc) is 3.06. The molecule has 0 amide bonds. The van der Waals surface area contributed by atoms with Crippen molar-refractivity contribution in [3.05, 3.63) is 54.6 Å². The van der Waals surface area contributed by atoms with Gasteiger partial charge in [0.1, 0.15) is 0 Å². The van der Waals surface area contributed by atoms with Crippen LogP contribution < -0.4 is 16.3 Å². The molecule has 0 spiro atoms. The highest BCUT2D eigenvalue weighted by atomic mass is 35.5. The Balaban J connectivity index is 1.94. The normalized spacial score (nSPS) is 16.4. The molecular formula is C18H18Cl2N6O2. The van der Waals surface area contributed by atoms with Crippen LogP contribution in [0.15, 0.2) is 32.9 Å². The van der Waals surface area contributed by atoms with Crippen molar-refractivity contribution in [2.75, 3.05) is 5.01 Å². The molecule has 0 saturated carbocycles. The summed E-state index contributed by atoms with van der Waals surface area (Å²) in [4.78, 5) is 29.7. The minimum Gasteiger partial charge on any atom is -0.294 e. The predicted octanol–water partition coefficient (Wildman–Crippen LogP) is 2.70. The lowest BCUT2D eigenvalue weighted by Crippen LogP contribution is -2.38. The van der Waals surface area contributed by atoms with Gasteiger partial charge in [-0.1, -0.05) is 29.3 Å². The molecule has 0 aliphatic carbocycles. The lowest BCUT2D eigenvalue weighted by atomic mass is 10.2. The van der Waals surface area contributed by atoms with Crippen LogP contribution >= 0.6 is 23.2 Å². The van der Waals surface area contributed by atoms with Crippen LogP contribution in [0, 0.1) is 0 Å². The van der Waals surface area contributed by atoms with Crippen molar-refractivity contribution in [1.29, 1.82) is 0 Å². The van der Waals surface area contributed by atoms with Crippen molar-refractivity contribution in [3.63, 3.8) is 0 Å². The maximum atomic E-state index is 12.8. The first-order chi connectivity index (χ1) is 13.2. The Hall–Kier alpha value is -2.58. The number of aromatic nitrogens is 4. The van der Waals surface area contributed by atoms with E-state index in [0.29, 0.717) is 33.7 Å². The van der Waals surface area contributed by atoms with E-state index in [-0.39, 0.29) is 11.6 Å². The highest BCUT2D eigenvalue weighted by Gasteiger charge is 2.30. The molecule has 4 rings (SSSR count).